The Hall–Kier alpha value is -4.41. The standard InChI is InChI=1S/C22H20FN7O3/c1-24-20(31)12-30-17-8-14(3-2-13(17)10-26-30)27-21-16(23)11-25-22(29-21)28-15-4-5-18-19(9-15)33-7-6-32-18/h2-5,8-11H,6-7,12H2,1H3,(H,24,31)(H2,25,27,28,29). The van der Waals surface area contributed by atoms with Crippen LogP contribution < -0.4 is 25.4 Å². The number of aromatic nitrogens is 4. The Morgan fingerprint density at radius 1 is 1.06 bits per heavy atom. The second-order valence-electron chi connectivity index (χ2n) is 7.25. The summed E-state index contributed by atoms with van der Waals surface area (Å²) >= 11 is 0. The third kappa shape index (κ3) is 4.33. The number of hydrogen-bond donors (Lipinski definition) is 3. The second-order valence-corrected chi connectivity index (χ2v) is 7.25. The molecule has 168 valence electrons. The smallest absolute Gasteiger partial charge is 0.241 e. The third-order valence-corrected chi connectivity index (χ3v) is 5.02. The summed E-state index contributed by atoms with van der Waals surface area (Å²) in [6.07, 6.45) is 2.76. The van der Waals surface area contributed by atoms with Crippen molar-refractivity contribution in [2.24, 2.45) is 0 Å². The minimum atomic E-state index is -0.610. The normalized spacial score (nSPS) is 12.4. The Morgan fingerprint density at radius 3 is 2.70 bits per heavy atom. The zero-order valence-corrected chi connectivity index (χ0v) is 17.6. The van der Waals surface area contributed by atoms with E-state index < -0.39 is 5.82 Å². The predicted molar refractivity (Wildman–Crippen MR) is 120 cm³/mol. The van der Waals surface area contributed by atoms with Crippen LogP contribution in [0.2, 0.25) is 0 Å². The number of fused-ring (bicyclic) bond motifs is 2. The van der Waals surface area contributed by atoms with E-state index in [1.165, 1.54) is 0 Å². The van der Waals surface area contributed by atoms with Crippen LogP contribution in [0.4, 0.5) is 27.5 Å². The van der Waals surface area contributed by atoms with Gasteiger partial charge in [-0.1, -0.05) is 0 Å². The molecule has 0 spiro atoms. The van der Waals surface area contributed by atoms with Crippen molar-refractivity contribution in [1.82, 2.24) is 25.1 Å². The summed E-state index contributed by atoms with van der Waals surface area (Å²) in [4.78, 5) is 20.0. The summed E-state index contributed by atoms with van der Waals surface area (Å²) in [7, 11) is 1.56. The number of hydrogen-bond acceptors (Lipinski definition) is 8. The lowest BCUT2D eigenvalue weighted by molar-refractivity contribution is -0.121. The van der Waals surface area contributed by atoms with Gasteiger partial charge in [0.2, 0.25) is 11.9 Å². The predicted octanol–water partition coefficient (Wildman–Crippen LogP) is 2.97. The van der Waals surface area contributed by atoms with E-state index in [1.54, 1.807) is 48.3 Å². The van der Waals surface area contributed by atoms with Crippen molar-refractivity contribution in [1.29, 1.82) is 0 Å². The van der Waals surface area contributed by atoms with Gasteiger partial charge >= 0.3 is 0 Å². The fourth-order valence-electron chi connectivity index (χ4n) is 3.39. The Kier molecular flexibility index (Phi) is 5.35. The molecule has 4 aromatic rings. The van der Waals surface area contributed by atoms with Crippen molar-refractivity contribution >= 4 is 40.0 Å². The minimum Gasteiger partial charge on any atom is -0.486 e. The molecule has 0 unspecified atom stereocenters. The number of halogens is 1. The first-order valence-electron chi connectivity index (χ1n) is 10.2. The lowest BCUT2D eigenvalue weighted by Gasteiger charge is -2.19. The van der Waals surface area contributed by atoms with Gasteiger partial charge in [-0.2, -0.15) is 10.1 Å². The molecule has 0 saturated heterocycles. The summed E-state index contributed by atoms with van der Waals surface area (Å²) in [6.45, 7) is 1.06. The Morgan fingerprint density at radius 2 is 1.85 bits per heavy atom. The van der Waals surface area contributed by atoms with Crippen molar-refractivity contribution in [3.63, 3.8) is 0 Å². The van der Waals surface area contributed by atoms with E-state index in [1.807, 2.05) is 6.07 Å². The van der Waals surface area contributed by atoms with E-state index in [9.17, 15) is 9.18 Å². The largest absolute Gasteiger partial charge is 0.486 e. The monoisotopic (exact) mass is 449 g/mol. The molecule has 1 amide bonds. The Bertz CT molecular complexity index is 1340. The van der Waals surface area contributed by atoms with Gasteiger partial charge in [-0.15, -0.1) is 0 Å². The van der Waals surface area contributed by atoms with Gasteiger partial charge in [0.1, 0.15) is 19.8 Å². The van der Waals surface area contributed by atoms with Crippen LogP contribution in [0, 0.1) is 5.82 Å². The highest BCUT2D eigenvalue weighted by atomic mass is 19.1. The van der Waals surface area contributed by atoms with Gasteiger partial charge in [-0.25, -0.2) is 9.37 Å². The SMILES string of the molecule is CNC(=O)Cn1ncc2ccc(Nc3nc(Nc4ccc5c(c4)OCCO5)ncc3F)cc21. The first-order chi connectivity index (χ1) is 16.1. The van der Waals surface area contributed by atoms with Gasteiger partial charge in [-0.05, 0) is 30.3 Å². The van der Waals surface area contributed by atoms with Gasteiger partial charge in [-0.3, -0.25) is 9.48 Å². The number of nitrogens with one attached hydrogen (secondary N) is 3. The number of rotatable bonds is 6. The molecule has 11 heteroatoms. The van der Waals surface area contributed by atoms with Crippen molar-refractivity contribution < 1.29 is 18.7 Å². The van der Waals surface area contributed by atoms with Gasteiger partial charge in [0.05, 0.1) is 17.9 Å². The van der Waals surface area contributed by atoms with E-state index >= 15 is 0 Å². The minimum absolute atomic E-state index is 0.00163. The molecule has 0 radical (unpaired) electrons. The number of amides is 1. The molecule has 0 aliphatic carbocycles. The number of benzene rings is 2. The molecular weight excluding hydrogens is 429 g/mol. The van der Waals surface area contributed by atoms with Crippen molar-refractivity contribution in [2.45, 2.75) is 6.54 Å². The average molecular weight is 449 g/mol. The maximum absolute atomic E-state index is 14.4. The number of likely N-dealkylation sites (N-methyl/N-ethyl adjacent to an activating group) is 1. The molecule has 2 aromatic carbocycles. The summed E-state index contributed by atoms with van der Waals surface area (Å²) in [5.74, 6) is 0.716. The highest BCUT2D eigenvalue weighted by Crippen LogP contribution is 2.33. The maximum Gasteiger partial charge on any atom is 0.241 e. The summed E-state index contributed by atoms with van der Waals surface area (Å²) in [5, 5.41) is 13.7. The Labute approximate surface area is 187 Å². The van der Waals surface area contributed by atoms with Crippen LogP contribution in [0.1, 0.15) is 0 Å². The van der Waals surface area contributed by atoms with E-state index in [0.717, 1.165) is 17.1 Å². The lowest BCUT2D eigenvalue weighted by Crippen LogP contribution is -2.23. The molecule has 0 atom stereocenters. The molecule has 0 saturated carbocycles. The van der Waals surface area contributed by atoms with Crippen LogP contribution in [0.3, 0.4) is 0 Å². The molecule has 0 fully saturated rings. The van der Waals surface area contributed by atoms with Crippen molar-refractivity contribution in [3.05, 3.63) is 54.6 Å². The topological polar surface area (TPSA) is 115 Å². The molecule has 2 aromatic heterocycles. The van der Waals surface area contributed by atoms with Gasteiger partial charge in [0.25, 0.3) is 0 Å². The number of carbonyl (C=O) groups is 1. The summed E-state index contributed by atoms with van der Waals surface area (Å²) < 4.78 is 27.1. The number of anilines is 4. The van der Waals surface area contributed by atoms with Crippen LogP contribution >= 0.6 is 0 Å². The molecule has 3 heterocycles. The van der Waals surface area contributed by atoms with Gasteiger partial charge in [0.15, 0.2) is 23.1 Å². The maximum atomic E-state index is 14.4. The Balaban J connectivity index is 1.38. The van der Waals surface area contributed by atoms with Crippen LogP contribution in [-0.2, 0) is 11.3 Å². The molecular formula is C22H20FN7O3. The molecule has 5 rings (SSSR count). The van der Waals surface area contributed by atoms with Crippen molar-refractivity contribution in [3.8, 4) is 11.5 Å². The number of nitrogens with zero attached hydrogens (tertiary/aromatic N) is 4. The summed E-state index contributed by atoms with van der Waals surface area (Å²) in [5.41, 5.74) is 1.99. The molecule has 1 aliphatic heterocycles. The average Bonchev–Trinajstić information content (AvgIpc) is 3.23. The highest BCUT2D eigenvalue weighted by Gasteiger charge is 2.14. The summed E-state index contributed by atoms with van der Waals surface area (Å²) in [6, 6.07) is 10.8. The highest BCUT2D eigenvalue weighted by molar-refractivity contribution is 5.85. The van der Waals surface area contributed by atoms with Gasteiger partial charge < -0.3 is 25.4 Å². The number of carbonyl (C=O) groups excluding carboxylic acids is 1. The third-order valence-electron chi connectivity index (χ3n) is 5.02. The van der Waals surface area contributed by atoms with Crippen LogP contribution in [0.5, 0.6) is 11.5 Å². The molecule has 33 heavy (non-hydrogen) atoms. The first-order valence-corrected chi connectivity index (χ1v) is 10.2. The quantitative estimate of drug-likeness (QED) is 0.412. The van der Waals surface area contributed by atoms with Gasteiger partial charge in [0, 0.05) is 29.9 Å². The van der Waals surface area contributed by atoms with Crippen molar-refractivity contribution in [2.75, 3.05) is 30.9 Å². The van der Waals surface area contributed by atoms with Crippen LogP contribution in [-0.4, -0.2) is 45.9 Å². The fraction of sp³-hybridized carbons (Fsp3) is 0.182. The molecule has 1 aliphatic rings. The molecule has 0 bridgehead atoms. The zero-order valence-electron chi connectivity index (χ0n) is 17.6. The first kappa shape index (κ1) is 20.5. The lowest BCUT2D eigenvalue weighted by atomic mass is 10.2. The number of ether oxygens (including phenoxy) is 2. The molecule has 3 N–H and O–H groups in total. The molecule has 10 nitrogen and oxygen atoms in total. The van der Waals surface area contributed by atoms with E-state index in [0.29, 0.717) is 36.1 Å². The fourth-order valence-corrected chi connectivity index (χ4v) is 3.39. The second kappa shape index (κ2) is 8.61. The van der Waals surface area contributed by atoms with E-state index in [-0.39, 0.29) is 24.2 Å². The van der Waals surface area contributed by atoms with E-state index in [2.05, 4.69) is 31.0 Å². The van der Waals surface area contributed by atoms with E-state index in [4.69, 9.17) is 9.47 Å². The van der Waals surface area contributed by atoms with Crippen LogP contribution in [0.25, 0.3) is 10.9 Å². The zero-order chi connectivity index (χ0) is 22.8. The van der Waals surface area contributed by atoms with Crippen LogP contribution in [0.15, 0.2) is 48.8 Å².